The molecule has 66 valence electrons. The van der Waals surface area contributed by atoms with Crippen molar-refractivity contribution in [3.8, 4) is 0 Å². The Bertz CT molecular complexity index is 274. The lowest BCUT2D eigenvalue weighted by Gasteiger charge is -1.95. The van der Waals surface area contributed by atoms with Crippen LogP contribution in [0.1, 0.15) is 5.69 Å². The fraction of sp³-hybridized carbons (Fsp3) is 0.333. The number of nitrogens with two attached hydrogens (primary N) is 1. The van der Waals surface area contributed by atoms with Gasteiger partial charge in [0, 0.05) is 11.1 Å². The van der Waals surface area contributed by atoms with Gasteiger partial charge in [0.2, 0.25) is 5.91 Å². The highest BCUT2D eigenvalue weighted by molar-refractivity contribution is 8.01. The number of rotatable bonds is 3. The molecule has 0 atom stereocenters. The van der Waals surface area contributed by atoms with Crippen molar-refractivity contribution in [1.82, 2.24) is 10.4 Å². The Balaban J connectivity index is 2.38. The van der Waals surface area contributed by atoms with Crippen LogP contribution in [0.15, 0.2) is 9.72 Å². The molecule has 0 spiro atoms. The number of nitrogens with one attached hydrogen (secondary N) is 1. The first kappa shape index (κ1) is 9.50. The molecule has 1 amide bonds. The summed E-state index contributed by atoms with van der Waals surface area (Å²) in [7, 11) is 0. The van der Waals surface area contributed by atoms with Crippen molar-refractivity contribution in [1.29, 1.82) is 0 Å². The number of nitrogens with zero attached hydrogens (tertiary/aromatic N) is 1. The van der Waals surface area contributed by atoms with Gasteiger partial charge in [-0.1, -0.05) is 11.8 Å². The lowest BCUT2D eigenvalue weighted by molar-refractivity contribution is -0.118. The number of hydrogen-bond acceptors (Lipinski definition) is 5. The number of aromatic nitrogens is 1. The lowest BCUT2D eigenvalue weighted by atomic mass is 10.6. The molecule has 4 nitrogen and oxygen atoms in total. The highest BCUT2D eigenvalue weighted by Crippen LogP contribution is 2.21. The fourth-order valence-electron chi connectivity index (χ4n) is 0.568. The Morgan fingerprint density at radius 3 is 3.17 bits per heavy atom. The Morgan fingerprint density at radius 2 is 2.67 bits per heavy atom. The third-order valence-electron chi connectivity index (χ3n) is 1.09. The van der Waals surface area contributed by atoms with E-state index in [-0.39, 0.29) is 5.91 Å². The minimum Gasteiger partial charge on any atom is -0.294 e. The van der Waals surface area contributed by atoms with Gasteiger partial charge in [0.15, 0.2) is 4.34 Å². The minimum atomic E-state index is -0.187. The smallest absolute Gasteiger partial charge is 0.244 e. The zero-order chi connectivity index (χ0) is 8.97. The number of aryl methyl sites for hydroxylation is 1. The molecule has 0 aromatic carbocycles. The molecule has 0 saturated carbocycles. The van der Waals surface area contributed by atoms with Crippen LogP contribution >= 0.6 is 23.1 Å². The molecule has 0 unspecified atom stereocenters. The average Bonchev–Trinajstić information content (AvgIpc) is 2.47. The van der Waals surface area contributed by atoms with Gasteiger partial charge in [0.05, 0.1) is 5.75 Å². The van der Waals surface area contributed by atoms with E-state index in [9.17, 15) is 4.79 Å². The third kappa shape index (κ3) is 2.80. The van der Waals surface area contributed by atoms with Gasteiger partial charge in [-0.15, -0.1) is 11.3 Å². The van der Waals surface area contributed by atoms with Gasteiger partial charge < -0.3 is 0 Å². The third-order valence-corrected chi connectivity index (χ3v) is 3.22. The first-order valence-corrected chi connectivity index (χ1v) is 5.13. The molecule has 0 saturated heterocycles. The van der Waals surface area contributed by atoms with Crippen LogP contribution in [0.5, 0.6) is 0 Å². The summed E-state index contributed by atoms with van der Waals surface area (Å²) in [6.07, 6.45) is 0. The van der Waals surface area contributed by atoms with E-state index in [0.29, 0.717) is 5.75 Å². The van der Waals surface area contributed by atoms with Crippen LogP contribution in [0.2, 0.25) is 0 Å². The molecule has 1 rings (SSSR count). The van der Waals surface area contributed by atoms with Crippen molar-refractivity contribution in [2.24, 2.45) is 5.84 Å². The maximum Gasteiger partial charge on any atom is 0.244 e. The zero-order valence-corrected chi connectivity index (χ0v) is 8.17. The molecule has 0 bridgehead atoms. The van der Waals surface area contributed by atoms with E-state index in [4.69, 9.17) is 5.84 Å². The maximum absolute atomic E-state index is 10.7. The summed E-state index contributed by atoms with van der Waals surface area (Å²) in [6.45, 7) is 1.92. The normalized spacial score (nSPS) is 9.83. The Kier molecular flexibility index (Phi) is 3.51. The highest BCUT2D eigenvalue weighted by atomic mass is 32.2. The van der Waals surface area contributed by atoms with Crippen LogP contribution in [-0.4, -0.2) is 16.6 Å². The maximum atomic E-state index is 10.7. The van der Waals surface area contributed by atoms with E-state index in [1.54, 1.807) is 0 Å². The topological polar surface area (TPSA) is 68.0 Å². The van der Waals surface area contributed by atoms with Gasteiger partial charge in [0.1, 0.15) is 0 Å². The second kappa shape index (κ2) is 4.44. The van der Waals surface area contributed by atoms with E-state index in [1.807, 2.05) is 12.3 Å². The van der Waals surface area contributed by atoms with Gasteiger partial charge in [0.25, 0.3) is 0 Å². The van der Waals surface area contributed by atoms with E-state index in [0.717, 1.165) is 10.0 Å². The summed E-state index contributed by atoms with van der Waals surface area (Å²) in [6, 6.07) is 0. The van der Waals surface area contributed by atoms with Crippen LogP contribution in [-0.2, 0) is 4.79 Å². The zero-order valence-electron chi connectivity index (χ0n) is 6.53. The van der Waals surface area contributed by atoms with Crippen molar-refractivity contribution < 1.29 is 4.79 Å². The van der Waals surface area contributed by atoms with Crippen LogP contribution < -0.4 is 11.3 Å². The molecule has 0 aliphatic rings. The van der Waals surface area contributed by atoms with Crippen LogP contribution in [0, 0.1) is 6.92 Å². The first-order valence-electron chi connectivity index (χ1n) is 3.26. The number of hydrazine groups is 1. The molecule has 0 fully saturated rings. The quantitative estimate of drug-likeness (QED) is 0.325. The van der Waals surface area contributed by atoms with Gasteiger partial charge >= 0.3 is 0 Å². The average molecular weight is 203 g/mol. The number of carbonyl (C=O) groups excluding carboxylic acids is 1. The molecular weight excluding hydrogens is 194 g/mol. The molecule has 3 N–H and O–H groups in total. The SMILES string of the molecule is Cc1csc(SCC(=O)NN)n1. The predicted octanol–water partition coefficient (Wildman–Crippen LogP) is 0.534. The molecular formula is C6H9N3OS2. The number of amides is 1. The van der Waals surface area contributed by atoms with Crippen LogP contribution in [0.4, 0.5) is 0 Å². The fourth-order valence-corrected chi connectivity index (χ4v) is 2.23. The standard InChI is InChI=1S/C6H9N3OS2/c1-4-2-11-6(8-4)12-3-5(10)9-7/h2H,3,7H2,1H3,(H,9,10). The highest BCUT2D eigenvalue weighted by Gasteiger charge is 2.02. The summed E-state index contributed by atoms with van der Waals surface area (Å²) in [5, 5.41) is 1.95. The second-order valence-corrected chi connectivity index (χ2v) is 4.19. The molecule has 1 heterocycles. The Labute approximate surface area is 78.5 Å². The number of hydrogen-bond donors (Lipinski definition) is 2. The summed E-state index contributed by atoms with van der Waals surface area (Å²) in [4.78, 5) is 14.9. The van der Waals surface area contributed by atoms with E-state index in [2.05, 4.69) is 10.4 Å². The van der Waals surface area contributed by atoms with Crippen molar-refractivity contribution >= 4 is 29.0 Å². The van der Waals surface area contributed by atoms with Crippen molar-refractivity contribution in [2.75, 3.05) is 5.75 Å². The van der Waals surface area contributed by atoms with Crippen molar-refractivity contribution in [2.45, 2.75) is 11.3 Å². The van der Waals surface area contributed by atoms with Crippen molar-refractivity contribution in [3.63, 3.8) is 0 Å². The predicted molar refractivity (Wildman–Crippen MR) is 49.9 cm³/mol. The number of carbonyl (C=O) groups is 1. The molecule has 0 aliphatic heterocycles. The van der Waals surface area contributed by atoms with E-state index in [1.165, 1.54) is 23.1 Å². The molecule has 0 aliphatic carbocycles. The molecule has 1 aromatic heterocycles. The lowest BCUT2D eigenvalue weighted by Crippen LogP contribution is -2.31. The summed E-state index contributed by atoms with van der Waals surface area (Å²) in [5.41, 5.74) is 3.04. The Hall–Kier alpha value is -0.590. The number of thioether (sulfide) groups is 1. The van der Waals surface area contributed by atoms with Gasteiger partial charge in [-0.3, -0.25) is 10.2 Å². The summed E-state index contributed by atoms with van der Waals surface area (Å²) >= 11 is 2.92. The van der Waals surface area contributed by atoms with Crippen LogP contribution in [0.25, 0.3) is 0 Å². The largest absolute Gasteiger partial charge is 0.294 e. The first-order chi connectivity index (χ1) is 5.72. The summed E-state index contributed by atoms with van der Waals surface area (Å²) in [5.74, 6) is 5.05. The minimum absolute atomic E-state index is 0.187. The van der Waals surface area contributed by atoms with Crippen LogP contribution in [0.3, 0.4) is 0 Å². The van der Waals surface area contributed by atoms with Gasteiger partial charge in [-0.2, -0.15) is 0 Å². The summed E-state index contributed by atoms with van der Waals surface area (Å²) < 4.78 is 0.899. The molecule has 1 aromatic rings. The van der Waals surface area contributed by atoms with E-state index < -0.39 is 0 Å². The monoisotopic (exact) mass is 203 g/mol. The Morgan fingerprint density at radius 1 is 1.92 bits per heavy atom. The van der Waals surface area contributed by atoms with Gasteiger partial charge in [-0.25, -0.2) is 10.8 Å². The molecule has 0 radical (unpaired) electrons. The molecule has 6 heteroatoms. The second-order valence-electron chi connectivity index (χ2n) is 2.11. The molecule has 12 heavy (non-hydrogen) atoms. The van der Waals surface area contributed by atoms with Crippen molar-refractivity contribution in [3.05, 3.63) is 11.1 Å². The van der Waals surface area contributed by atoms with Gasteiger partial charge in [-0.05, 0) is 6.92 Å². The van der Waals surface area contributed by atoms with E-state index >= 15 is 0 Å². The number of thiazole rings is 1.